The maximum Gasteiger partial charge on any atom is 0.222 e. The number of rotatable bonds is 8. The van der Waals surface area contributed by atoms with Crippen LogP contribution >= 0.6 is 0 Å². The van der Waals surface area contributed by atoms with E-state index in [1.54, 1.807) is 12.0 Å². The number of carbonyl (C=O) groups is 2. The lowest BCUT2D eigenvalue weighted by Crippen LogP contribution is -2.45. The van der Waals surface area contributed by atoms with E-state index >= 15 is 0 Å². The molecule has 0 radical (unpaired) electrons. The highest BCUT2D eigenvalue weighted by Gasteiger charge is 2.38. The van der Waals surface area contributed by atoms with E-state index in [1.165, 1.54) is 5.56 Å². The molecule has 6 heteroatoms. The van der Waals surface area contributed by atoms with Crippen LogP contribution in [-0.4, -0.2) is 49.1 Å². The molecule has 1 fully saturated rings. The monoisotopic (exact) mass is 472 g/mol. The van der Waals surface area contributed by atoms with Gasteiger partial charge in [-0.15, -0.1) is 0 Å². The molecule has 5 rings (SSSR count). The average Bonchev–Trinajstić information content (AvgIpc) is 3.45. The van der Waals surface area contributed by atoms with Gasteiger partial charge in [0.25, 0.3) is 0 Å². The third kappa shape index (κ3) is 4.83. The smallest absolute Gasteiger partial charge is 0.222 e. The number of fused-ring (bicyclic) bond motifs is 2. The molecule has 0 aliphatic carbocycles. The number of nitrogens with zero attached hydrogens (tertiary/aromatic N) is 1. The first kappa shape index (κ1) is 23.2. The van der Waals surface area contributed by atoms with Crippen molar-refractivity contribution in [1.29, 1.82) is 0 Å². The summed E-state index contributed by atoms with van der Waals surface area (Å²) in [4.78, 5) is 27.1. The number of para-hydroxylation sites is 1. The predicted molar refractivity (Wildman–Crippen MR) is 136 cm³/mol. The fourth-order valence-corrected chi connectivity index (χ4v) is 5.51. The van der Waals surface area contributed by atoms with Gasteiger partial charge in [-0.3, -0.25) is 9.59 Å². The Morgan fingerprint density at radius 3 is 2.63 bits per heavy atom. The van der Waals surface area contributed by atoms with Gasteiger partial charge in [0.15, 0.2) is 0 Å². The molecule has 0 spiro atoms. The summed E-state index contributed by atoms with van der Waals surface area (Å²) in [6.07, 6.45) is 3.68. The summed E-state index contributed by atoms with van der Waals surface area (Å²) in [6.45, 7) is 0.552. The normalized spacial score (nSPS) is 20.9. The Kier molecular flexibility index (Phi) is 6.37. The van der Waals surface area contributed by atoms with Gasteiger partial charge in [0.1, 0.15) is 17.6 Å². The highest BCUT2D eigenvalue weighted by Crippen LogP contribution is 2.35. The van der Waals surface area contributed by atoms with Crippen LogP contribution in [0.5, 0.6) is 11.5 Å². The van der Waals surface area contributed by atoms with Gasteiger partial charge in [-0.05, 0) is 47.9 Å². The van der Waals surface area contributed by atoms with Crippen LogP contribution in [0.1, 0.15) is 36.8 Å². The largest absolute Gasteiger partial charge is 0.496 e. The first-order valence-electron chi connectivity index (χ1n) is 12.3. The number of carbonyl (C=O) groups excluding carboxylic acids is 2. The lowest BCUT2D eigenvalue weighted by atomic mass is 9.83. The second kappa shape index (κ2) is 9.61. The number of amides is 2. The molecule has 0 aromatic heterocycles. The predicted octanol–water partition coefficient (Wildman–Crippen LogP) is 4.28. The van der Waals surface area contributed by atoms with E-state index in [4.69, 9.17) is 9.47 Å². The zero-order valence-electron chi connectivity index (χ0n) is 20.4. The SMILES string of the molecule is COc1ccc(C[C@]2(CCC(=O)N(C)C[C@@H]3Cc4ccccc4O3)CCC(=O)N2)c2ccccc12. The minimum Gasteiger partial charge on any atom is -0.496 e. The fourth-order valence-electron chi connectivity index (χ4n) is 5.51. The van der Waals surface area contributed by atoms with Gasteiger partial charge >= 0.3 is 0 Å². The Bertz CT molecular complexity index is 1230. The maximum atomic E-state index is 13.1. The summed E-state index contributed by atoms with van der Waals surface area (Å²) in [5.74, 6) is 1.88. The van der Waals surface area contributed by atoms with Crippen molar-refractivity contribution in [2.45, 2.75) is 50.2 Å². The molecule has 1 saturated heterocycles. The van der Waals surface area contributed by atoms with Crippen LogP contribution < -0.4 is 14.8 Å². The standard InChI is InChI=1S/C29H32N2O4/c1-31(19-22-17-20-7-3-6-10-25(20)35-22)28(33)14-16-29(15-13-27(32)30-29)18-21-11-12-26(34-2)24-9-5-4-8-23(21)24/h3-12,22H,13-19H2,1-2H3,(H,30,32)/t22-,29+/m0/s1. The highest BCUT2D eigenvalue weighted by molar-refractivity contribution is 5.91. The molecule has 0 bridgehead atoms. The van der Waals surface area contributed by atoms with Crippen LogP contribution in [0.15, 0.2) is 60.7 Å². The van der Waals surface area contributed by atoms with Crippen molar-refractivity contribution in [2.75, 3.05) is 20.7 Å². The fraction of sp³-hybridized carbons (Fsp3) is 0.379. The van der Waals surface area contributed by atoms with E-state index in [-0.39, 0.29) is 17.9 Å². The van der Waals surface area contributed by atoms with Crippen LogP contribution in [0.4, 0.5) is 0 Å². The molecule has 2 aliphatic rings. The Morgan fingerprint density at radius 1 is 1.11 bits per heavy atom. The number of methoxy groups -OCH3 is 1. The van der Waals surface area contributed by atoms with E-state index < -0.39 is 5.54 Å². The molecule has 182 valence electrons. The van der Waals surface area contributed by atoms with Crippen molar-refractivity contribution >= 4 is 22.6 Å². The van der Waals surface area contributed by atoms with E-state index in [1.807, 2.05) is 43.4 Å². The van der Waals surface area contributed by atoms with Gasteiger partial charge in [-0.1, -0.05) is 48.5 Å². The van der Waals surface area contributed by atoms with E-state index in [0.29, 0.717) is 32.2 Å². The molecule has 2 heterocycles. The van der Waals surface area contributed by atoms with Gasteiger partial charge in [-0.2, -0.15) is 0 Å². The molecular formula is C29H32N2O4. The Labute approximate surface area is 206 Å². The first-order chi connectivity index (χ1) is 17.0. The molecule has 2 amide bonds. The highest BCUT2D eigenvalue weighted by atomic mass is 16.5. The first-order valence-corrected chi connectivity index (χ1v) is 12.3. The number of hydrogen-bond donors (Lipinski definition) is 1. The van der Waals surface area contributed by atoms with Crippen LogP contribution in [0.2, 0.25) is 0 Å². The maximum absolute atomic E-state index is 13.1. The van der Waals surface area contributed by atoms with Crippen molar-refractivity contribution in [3.05, 3.63) is 71.8 Å². The Hall–Kier alpha value is -3.54. The summed E-state index contributed by atoms with van der Waals surface area (Å²) >= 11 is 0. The van der Waals surface area contributed by atoms with Crippen LogP contribution in [0.3, 0.4) is 0 Å². The molecule has 0 unspecified atom stereocenters. The number of nitrogens with one attached hydrogen (secondary N) is 1. The van der Waals surface area contributed by atoms with Crippen molar-refractivity contribution in [3.63, 3.8) is 0 Å². The van der Waals surface area contributed by atoms with E-state index in [0.717, 1.165) is 40.7 Å². The molecule has 2 aliphatic heterocycles. The average molecular weight is 473 g/mol. The summed E-state index contributed by atoms with van der Waals surface area (Å²) < 4.78 is 11.6. The van der Waals surface area contributed by atoms with Crippen molar-refractivity contribution < 1.29 is 19.1 Å². The second-order valence-electron chi connectivity index (χ2n) is 9.80. The van der Waals surface area contributed by atoms with Gasteiger partial charge in [-0.25, -0.2) is 0 Å². The van der Waals surface area contributed by atoms with Crippen molar-refractivity contribution in [3.8, 4) is 11.5 Å². The molecule has 2 atom stereocenters. The zero-order chi connectivity index (χ0) is 24.4. The summed E-state index contributed by atoms with van der Waals surface area (Å²) in [7, 11) is 3.52. The van der Waals surface area contributed by atoms with Crippen molar-refractivity contribution in [1.82, 2.24) is 10.2 Å². The molecule has 3 aromatic rings. The molecular weight excluding hydrogens is 440 g/mol. The number of benzene rings is 3. The Morgan fingerprint density at radius 2 is 1.89 bits per heavy atom. The van der Waals surface area contributed by atoms with Crippen LogP contribution in [0, 0.1) is 0 Å². The topological polar surface area (TPSA) is 67.9 Å². The van der Waals surface area contributed by atoms with E-state index in [9.17, 15) is 9.59 Å². The minimum absolute atomic E-state index is 0.0212. The van der Waals surface area contributed by atoms with Gasteiger partial charge in [0.2, 0.25) is 11.8 Å². The van der Waals surface area contributed by atoms with Gasteiger partial charge in [0, 0.05) is 37.2 Å². The number of hydrogen-bond acceptors (Lipinski definition) is 4. The van der Waals surface area contributed by atoms with Crippen molar-refractivity contribution in [2.24, 2.45) is 0 Å². The lowest BCUT2D eigenvalue weighted by Gasteiger charge is -2.31. The quantitative estimate of drug-likeness (QED) is 0.531. The zero-order valence-corrected chi connectivity index (χ0v) is 20.4. The summed E-state index contributed by atoms with van der Waals surface area (Å²) in [6, 6.07) is 20.3. The second-order valence-corrected chi connectivity index (χ2v) is 9.80. The third-order valence-corrected chi connectivity index (χ3v) is 7.39. The van der Waals surface area contributed by atoms with E-state index in [2.05, 4.69) is 29.6 Å². The van der Waals surface area contributed by atoms with Gasteiger partial charge in [0.05, 0.1) is 13.7 Å². The molecule has 3 aromatic carbocycles. The van der Waals surface area contributed by atoms with Gasteiger partial charge < -0.3 is 19.7 Å². The number of likely N-dealkylation sites (N-methyl/N-ethyl adjacent to an activating group) is 1. The Balaban J connectivity index is 1.26. The molecule has 35 heavy (non-hydrogen) atoms. The molecule has 6 nitrogen and oxygen atoms in total. The minimum atomic E-state index is -0.426. The third-order valence-electron chi connectivity index (χ3n) is 7.39. The molecule has 1 N–H and O–H groups in total. The van der Waals surface area contributed by atoms with Crippen LogP contribution in [-0.2, 0) is 22.4 Å². The van der Waals surface area contributed by atoms with Crippen LogP contribution in [0.25, 0.3) is 10.8 Å². The summed E-state index contributed by atoms with van der Waals surface area (Å²) in [5, 5.41) is 5.40. The molecule has 0 saturated carbocycles. The lowest BCUT2D eigenvalue weighted by molar-refractivity contribution is -0.131. The summed E-state index contributed by atoms with van der Waals surface area (Å²) in [5.41, 5.74) is 1.92. The number of ether oxygens (including phenoxy) is 2.